The van der Waals surface area contributed by atoms with Gasteiger partial charge in [0.15, 0.2) is 0 Å². The highest BCUT2D eigenvalue weighted by atomic mass is 127. The number of carbonyl (C=O) groups excluding carboxylic acids is 1. The van der Waals surface area contributed by atoms with Gasteiger partial charge in [0.05, 0.1) is 5.69 Å². The van der Waals surface area contributed by atoms with E-state index in [-0.39, 0.29) is 6.03 Å². The van der Waals surface area contributed by atoms with Crippen molar-refractivity contribution in [3.63, 3.8) is 0 Å². The normalized spacial score (nSPS) is 10.4. The van der Waals surface area contributed by atoms with Crippen molar-refractivity contribution in [1.29, 1.82) is 0 Å². The molecule has 0 heterocycles. The number of halogens is 1. The van der Waals surface area contributed by atoms with E-state index in [4.69, 9.17) is 0 Å². The minimum atomic E-state index is -0.145. The van der Waals surface area contributed by atoms with Gasteiger partial charge in [0.2, 0.25) is 0 Å². The van der Waals surface area contributed by atoms with Crippen molar-refractivity contribution < 1.29 is 4.79 Å². The zero-order valence-electron chi connectivity index (χ0n) is 10.2. The number of hydrogen-bond donors (Lipinski definition) is 2. The topological polar surface area (TPSA) is 44.4 Å². The highest BCUT2D eigenvalue weighted by molar-refractivity contribution is 14.1. The van der Waals surface area contributed by atoms with Gasteiger partial charge < -0.3 is 15.5 Å². The summed E-state index contributed by atoms with van der Waals surface area (Å²) in [5, 5.41) is 5.66. The van der Waals surface area contributed by atoms with Gasteiger partial charge >= 0.3 is 6.03 Å². The number of para-hydroxylation sites is 1. The number of nitrogens with zero attached hydrogens (tertiary/aromatic N) is 1. The van der Waals surface area contributed by atoms with Crippen LogP contribution >= 0.6 is 22.6 Å². The molecule has 0 bridgehead atoms. The van der Waals surface area contributed by atoms with Gasteiger partial charge in [0.25, 0.3) is 0 Å². The maximum atomic E-state index is 11.6. The summed E-state index contributed by atoms with van der Waals surface area (Å²) in [4.78, 5) is 13.7. The van der Waals surface area contributed by atoms with Crippen LogP contribution in [0.5, 0.6) is 0 Å². The third-order valence-electron chi connectivity index (χ3n) is 2.19. The van der Waals surface area contributed by atoms with Gasteiger partial charge in [0, 0.05) is 10.1 Å². The molecule has 1 rings (SSSR count). The maximum Gasteiger partial charge on any atom is 0.319 e. The lowest BCUT2D eigenvalue weighted by atomic mass is 10.3. The first-order chi connectivity index (χ1) is 8.09. The highest BCUT2D eigenvalue weighted by Crippen LogP contribution is 2.16. The standard InChI is InChI=1S/C12H18IN3O/c1-16(2)9-5-8-14-12(17)15-11-7-4-3-6-10(11)13/h3-4,6-7H,5,8-9H2,1-2H3,(H2,14,15,17). The Kier molecular flexibility index (Phi) is 6.28. The molecule has 1 aromatic rings. The van der Waals surface area contributed by atoms with Crippen molar-refractivity contribution in [3.8, 4) is 0 Å². The molecule has 0 aliphatic rings. The van der Waals surface area contributed by atoms with E-state index in [1.54, 1.807) is 0 Å². The van der Waals surface area contributed by atoms with Crippen molar-refractivity contribution >= 4 is 34.3 Å². The number of nitrogens with one attached hydrogen (secondary N) is 2. The summed E-state index contributed by atoms with van der Waals surface area (Å²) in [7, 11) is 4.04. The van der Waals surface area contributed by atoms with E-state index in [1.807, 2.05) is 38.4 Å². The average molecular weight is 347 g/mol. The Balaban J connectivity index is 2.28. The van der Waals surface area contributed by atoms with Crippen LogP contribution in [0.1, 0.15) is 6.42 Å². The summed E-state index contributed by atoms with van der Waals surface area (Å²) in [6.07, 6.45) is 0.951. The third kappa shape index (κ3) is 5.88. The van der Waals surface area contributed by atoms with Crippen LogP contribution < -0.4 is 10.6 Å². The quantitative estimate of drug-likeness (QED) is 0.635. The molecule has 94 valence electrons. The fraction of sp³-hybridized carbons (Fsp3) is 0.417. The second-order valence-corrected chi connectivity index (χ2v) is 5.18. The third-order valence-corrected chi connectivity index (χ3v) is 3.13. The van der Waals surface area contributed by atoms with E-state index in [0.717, 1.165) is 22.2 Å². The van der Waals surface area contributed by atoms with Gasteiger partial charge in [0.1, 0.15) is 0 Å². The van der Waals surface area contributed by atoms with E-state index in [9.17, 15) is 4.79 Å². The van der Waals surface area contributed by atoms with Crippen molar-refractivity contribution in [2.24, 2.45) is 0 Å². The summed E-state index contributed by atoms with van der Waals surface area (Å²) in [5.41, 5.74) is 0.846. The van der Waals surface area contributed by atoms with Crippen LogP contribution in [0, 0.1) is 3.57 Å². The van der Waals surface area contributed by atoms with E-state index in [1.165, 1.54) is 0 Å². The molecule has 1 aromatic carbocycles. The molecule has 0 radical (unpaired) electrons. The van der Waals surface area contributed by atoms with Crippen LogP contribution in [-0.2, 0) is 0 Å². The minimum Gasteiger partial charge on any atom is -0.338 e. The molecule has 0 fully saturated rings. The van der Waals surface area contributed by atoms with Gasteiger partial charge in [-0.25, -0.2) is 4.79 Å². The smallest absolute Gasteiger partial charge is 0.319 e. The molecule has 0 aliphatic heterocycles. The first-order valence-corrected chi connectivity index (χ1v) is 6.61. The molecule has 17 heavy (non-hydrogen) atoms. The summed E-state index contributed by atoms with van der Waals surface area (Å²) in [6, 6.07) is 7.56. The van der Waals surface area contributed by atoms with Crippen LogP contribution in [-0.4, -0.2) is 38.1 Å². The van der Waals surface area contributed by atoms with Crippen molar-refractivity contribution in [1.82, 2.24) is 10.2 Å². The van der Waals surface area contributed by atoms with Crippen LogP contribution in [0.4, 0.5) is 10.5 Å². The second kappa shape index (κ2) is 7.50. The molecule has 0 spiro atoms. The molecular formula is C12H18IN3O. The van der Waals surface area contributed by atoms with Crippen molar-refractivity contribution in [3.05, 3.63) is 27.8 Å². The Morgan fingerprint density at radius 2 is 2.06 bits per heavy atom. The Morgan fingerprint density at radius 3 is 2.71 bits per heavy atom. The molecule has 0 saturated carbocycles. The summed E-state index contributed by atoms with van der Waals surface area (Å²) in [5.74, 6) is 0. The number of benzene rings is 1. The second-order valence-electron chi connectivity index (χ2n) is 4.02. The molecular weight excluding hydrogens is 329 g/mol. The van der Waals surface area contributed by atoms with Crippen LogP contribution in [0.15, 0.2) is 24.3 Å². The molecule has 0 saturated heterocycles. The number of hydrogen-bond acceptors (Lipinski definition) is 2. The summed E-state index contributed by atoms with van der Waals surface area (Å²) < 4.78 is 1.04. The monoisotopic (exact) mass is 347 g/mol. The SMILES string of the molecule is CN(C)CCCNC(=O)Nc1ccccc1I. The first-order valence-electron chi connectivity index (χ1n) is 5.53. The molecule has 2 amide bonds. The lowest BCUT2D eigenvalue weighted by Gasteiger charge is -2.11. The van der Waals surface area contributed by atoms with E-state index in [0.29, 0.717) is 6.54 Å². The number of rotatable bonds is 5. The Bertz CT molecular complexity index is 369. The predicted molar refractivity (Wildman–Crippen MR) is 79.4 cm³/mol. The van der Waals surface area contributed by atoms with E-state index < -0.39 is 0 Å². The van der Waals surface area contributed by atoms with Crippen LogP contribution in [0.25, 0.3) is 0 Å². The molecule has 0 aliphatic carbocycles. The zero-order chi connectivity index (χ0) is 12.7. The Labute approximate surface area is 116 Å². The molecule has 4 nitrogen and oxygen atoms in total. The molecule has 0 unspecified atom stereocenters. The lowest BCUT2D eigenvalue weighted by Crippen LogP contribution is -2.31. The lowest BCUT2D eigenvalue weighted by molar-refractivity contribution is 0.251. The minimum absolute atomic E-state index is 0.145. The summed E-state index contributed by atoms with van der Waals surface area (Å²) >= 11 is 2.20. The summed E-state index contributed by atoms with van der Waals surface area (Å²) in [6.45, 7) is 1.66. The molecule has 2 N–H and O–H groups in total. The average Bonchev–Trinajstić information content (AvgIpc) is 2.27. The van der Waals surface area contributed by atoms with Crippen molar-refractivity contribution in [2.45, 2.75) is 6.42 Å². The van der Waals surface area contributed by atoms with Crippen molar-refractivity contribution in [2.75, 3.05) is 32.5 Å². The molecule has 0 atom stereocenters. The predicted octanol–water partition coefficient (Wildman–Crippen LogP) is 2.36. The largest absolute Gasteiger partial charge is 0.338 e. The fourth-order valence-corrected chi connectivity index (χ4v) is 1.85. The highest BCUT2D eigenvalue weighted by Gasteiger charge is 2.03. The van der Waals surface area contributed by atoms with Crippen LogP contribution in [0.2, 0.25) is 0 Å². The van der Waals surface area contributed by atoms with E-state index >= 15 is 0 Å². The maximum absolute atomic E-state index is 11.6. The van der Waals surface area contributed by atoms with Crippen LogP contribution in [0.3, 0.4) is 0 Å². The first kappa shape index (κ1) is 14.2. The molecule has 0 aromatic heterocycles. The number of amides is 2. The number of carbonyl (C=O) groups is 1. The van der Waals surface area contributed by atoms with Gasteiger partial charge in [-0.05, 0) is 61.8 Å². The van der Waals surface area contributed by atoms with E-state index in [2.05, 4.69) is 38.1 Å². The van der Waals surface area contributed by atoms with Gasteiger partial charge in [-0.1, -0.05) is 12.1 Å². The van der Waals surface area contributed by atoms with Gasteiger partial charge in [-0.2, -0.15) is 0 Å². The molecule has 5 heteroatoms. The number of anilines is 1. The number of urea groups is 1. The van der Waals surface area contributed by atoms with Gasteiger partial charge in [-0.15, -0.1) is 0 Å². The van der Waals surface area contributed by atoms with Gasteiger partial charge in [-0.3, -0.25) is 0 Å². The fourth-order valence-electron chi connectivity index (χ4n) is 1.33. The Morgan fingerprint density at radius 1 is 1.35 bits per heavy atom. The zero-order valence-corrected chi connectivity index (χ0v) is 12.3. The Hall–Kier alpha value is -0.820.